The number of benzene rings is 1. The third-order valence-electron chi connectivity index (χ3n) is 2.88. The van der Waals surface area contributed by atoms with Crippen LogP contribution in [0.25, 0.3) is 0 Å². The minimum Gasteiger partial charge on any atom is -0.497 e. The van der Waals surface area contributed by atoms with Gasteiger partial charge >= 0.3 is 5.97 Å². The summed E-state index contributed by atoms with van der Waals surface area (Å²) >= 11 is 0. The number of carbonyl (C=O) groups excluding carboxylic acids is 1. The first-order valence-electron chi connectivity index (χ1n) is 6.43. The van der Waals surface area contributed by atoms with Crippen LogP contribution in [0, 0.1) is 5.41 Å². The van der Waals surface area contributed by atoms with Gasteiger partial charge in [0.25, 0.3) is 0 Å². The highest BCUT2D eigenvalue weighted by molar-refractivity contribution is 5.75. The fourth-order valence-corrected chi connectivity index (χ4v) is 1.52. The van der Waals surface area contributed by atoms with E-state index in [0.717, 1.165) is 11.5 Å². The molecule has 0 aliphatic heterocycles. The Morgan fingerprint density at radius 1 is 1.16 bits per heavy atom. The standard InChI is InChI=1S/C15H22O4/c1-5-18-14(16)15(2,3)10-11-19-13-8-6-12(17-4)7-9-13/h6-9H,5,10-11H2,1-4H3. The molecule has 0 unspecified atom stereocenters. The van der Waals surface area contributed by atoms with Crippen LogP contribution in [-0.2, 0) is 9.53 Å². The summed E-state index contributed by atoms with van der Waals surface area (Å²) in [6.45, 7) is 6.41. The highest BCUT2D eigenvalue weighted by Gasteiger charge is 2.28. The van der Waals surface area contributed by atoms with Crippen LogP contribution in [0.15, 0.2) is 24.3 Å². The zero-order chi connectivity index (χ0) is 14.3. The quantitative estimate of drug-likeness (QED) is 0.711. The van der Waals surface area contributed by atoms with E-state index in [4.69, 9.17) is 14.2 Å². The lowest BCUT2D eigenvalue weighted by Gasteiger charge is -2.22. The molecule has 1 aromatic carbocycles. The van der Waals surface area contributed by atoms with Crippen molar-refractivity contribution in [2.45, 2.75) is 27.2 Å². The number of esters is 1. The highest BCUT2D eigenvalue weighted by atomic mass is 16.5. The Balaban J connectivity index is 2.42. The highest BCUT2D eigenvalue weighted by Crippen LogP contribution is 2.23. The van der Waals surface area contributed by atoms with Gasteiger partial charge in [0.2, 0.25) is 0 Å². The van der Waals surface area contributed by atoms with Crippen molar-refractivity contribution in [3.63, 3.8) is 0 Å². The van der Waals surface area contributed by atoms with Gasteiger partial charge in [-0.05, 0) is 51.5 Å². The van der Waals surface area contributed by atoms with Crippen molar-refractivity contribution in [3.8, 4) is 11.5 Å². The molecule has 106 valence electrons. The third-order valence-corrected chi connectivity index (χ3v) is 2.88. The molecule has 1 rings (SSSR count). The average molecular weight is 266 g/mol. The Hall–Kier alpha value is -1.71. The normalized spacial score (nSPS) is 10.9. The molecule has 0 aliphatic rings. The van der Waals surface area contributed by atoms with Crippen LogP contribution >= 0.6 is 0 Å². The molecule has 0 N–H and O–H groups in total. The molecule has 0 amide bonds. The topological polar surface area (TPSA) is 44.8 Å². The molecule has 0 heterocycles. The summed E-state index contributed by atoms with van der Waals surface area (Å²) in [4.78, 5) is 11.7. The van der Waals surface area contributed by atoms with Crippen molar-refractivity contribution in [1.82, 2.24) is 0 Å². The smallest absolute Gasteiger partial charge is 0.311 e. The molecule has 0 fully saturated rings. The Morgan fingerprint density at radius 2 is 1.74 bits per heavy atom. The van der Waals surface area contributed by atoms with E-state index in [1.807, 2.05) is 45.0 Å². The molecule has 0 bridgehead atoms. The van der Waals surface area contributed by atoms with E-state index in [1.165, 1.54) is 0 Å². The summed E-state index contributed by atoms with van der Waals surface area (Å²) in [6, 6.07) is 7.37. The van der Waals surface area contributed by atoms with Crippen LogP contribution in [0.1, 0.15) is 27.2 Å². The summed E-state index contributed by atoms with van der Waals surface area (Å²) in [5, 5.41) is 0. The summed E-state index contributed by atoms with van der Waals surface area (Å²) < 4.78 is 15.7. The first-order chi connectivity index (χ1) is 8.99. The Morgan fingerprint density at radius 3 is 2.26 bits per heavy atom. The third kappa shape index (κ3) is 4.81. The van der Waals surface area contributed by atoms with Crippen LogP contribution < -0.4 is 9.47 Å². The maximum Gasteiger partial charge on any atom is 0.311 e. The molecule has 0 aliphatic carbocycles. The van der Waals surface area contributed by atoms with Crippen LogP contribution in [0.3, 0.4) is 0 Å². The first-order valence-corrected chi connectivity index (χ1v) is 6.43. The van der Waals surface area contributed by atoms with Gasteiger partial charge < -0.3 is 14.2 Å². The van der Waals surface area contributed by atoms with Gasteiger partial charge in [-0.2, -0.15) is 0 Å². The van der Waals surface area contributed by atoms with E-state index in [1.54, 1.807) is 7.11 Å². The van der Waals surface area contributed by atoms with Crippen molar-refractivity contribution in [2.75, 3.05) is 20.3 Å². The predicted molar refractivity (Wildman–Crippen MR) is 73.5 cm³/mol. The lowest BCUT2D eigenvalue weighted by Crippen LogP contribution is -2.28. The summed E-state index contributed by atoms with van der Waals surface area (Å²) in [5.74, 6) is 1.37. The Kier molecular flexibility index (Phi) is 5.67. The lowest BCUT2D eigenvalue weighted by molar-refractivity contribution is -0.154. The maximum absolute atomic E-state index is 11.7. The van der Waals surface area contributed by atoms with Crippen LogP contribution in [0.4, 0.5) is 0 Å². The molecule has 0 radical (unpaired) electrons. The summed E-state index contributed by atoms with van der Waals surface area (Å²) in [7, 11) is 1.62. The van der Waals surface area contributed by atoms with Gasteiger partial charge in [0.05, 0.1) is 25.7 Å². The van der Waals surface area contributed by atoms with Crippen LogP contribution in [-0.4, -0.2) is 26.3 Å². The van der Waals surface area contributed by atoms with Crippen molar-refractivity contribution in [1.29, 1.82) is 0 Å². The SMILES string of the molecule is CCOC(=O)C(C)(C)CCOc1ccc(OC)cc1. The van der Waals surface area contributed by atoms with E-state index >= 15 is 0 Å². The van der Waals surface area contributed by atoms with Gasteiger partial charge in [0.15, 0.2) is 0 Å². The second-order valence-electron chi connectivity index (χ2n) is 4.88. The molecule has 0 atom stereocenters. The van der Waals surface area contributed by atoms with Gasteiger partial charge in [0, 0.05) is 0 Å². The van der Waals surface area contributed by atoms with E-state index in [2.05, 4.69) is 0 Å². The van der Waals surface area contributed by atoms with E-state index in [9.17, 15) is 4.79 Å². The first kappa shape index (κ1) is 15.3. The minimum atomic E-state index is -0.525. The predicted octanol–water partition coefficient (Wildman–Crippen LogP) is 3.05. The maximum atomic E-state index is 11.7. The zero-order valence-electron chi connectivity index (χ0n) is 12.1. The monoisotopic (exact) mass is 266 g/mol. The molecule has 19 heavy (non-hydrogen) atoms. The lowest BCUT2D eigenvalue weighted by atomic mass is 9.90. The molecule has 4 nitrogen and oxygen atoms in total. The molecule has 0 spiro atoms. The van der Waals surface area contributed by atoms with E-state index in [-0.39, 0.29) is 5.97 Å². The fraction of sp³-hybridized carbons (Fsp3) is 0.533. The molecule has 0 aromatic heterocycles. The number of carbonyl (C=O) groups is 1. The number of rotatable bonds is 7. The van der Waals surface area contributed by atoms with Crippen LogP contribution in [0.5, 0.6) is 11.5 Å². The van der Waals surface area contributed by atoms with Crippen molar-refractivity contribution in [3.05, 3.63) is 24.3 Å². The average Bonchev–Trinajstić information content (AvgIpc) is 2.39. The largest absolute Gasteiger partial charge is 0.497 e. The van der Waals surface area contributed by atoms with Crippen molar-refractivity contribution in [2.24, 2.45) is 5.41 Å². The molecule has 0 saturated heterocycles. The van der Waals surface area contributed by atoms with Gasteiger partial charge in [0.1, 0.15) is 11.5 Å². The molecular formula is C15H22O4. The van der Waals surface area contributed by atoms with Crippen molar-refractivity contribution >= 4 is 5.97 Å². The van der Waals surface area contributed by atoms with Gasteiger partial charge in [-0.25, -0.2) is 0 Å². The Labute approximate surface area is 114 Å². The number of hydrogen-bond donors (Lipinski definition) is 0. The second-order valence-corrected chi connectivity index (χ2v) is 4.88. The van der Waals surface area contributed by atoms with Gasteiger partial charge in [-0.3, -0.25) is 4.79 Å². The fourth-order valence-electron chi connectivity index (χ4n) is 1.52. The summed E-state index contributed by atoms with van der Waals surface area (Å²) in [6.07, 6.45) is 0.609. The molecule has 1 aromatic rings. The zero-order valence-corrected chi connectivity index (χ0v) is 12.1. The Bertz CT molecular complexity index is 395. The molecular weight excluding hydrogens is 244 g/mol. The van der Waals surface area contributed by atoms with Gasteiger partial charge in [-0.1, -0.05) is 0 Å². The number of methoxy groups -OCH3 is 1. The van der Waals surface area contributed by atoms with Crippen molar-refractivity contribution < 1.29 is 19.0 Å². The minimum absolute atomic E-state index is 0.187. The van der Waals surface area contributed by atoms with E-state index < -0.39 is 5.41 Å². The number of ether oxygens (including phenoxy) is 3. The molecule has 0 saturated carbocycles. The van der Waals surface area contributed by atoms with Crippen LogP contribution in [0.2, 0.25) is 0 Å². The summed E-state index contributed by atoms with van der Waals surface area (Å²) in [5.41, 5.74) is -0.525. The molecule has 4 heteroatoms. The van der Waals surface area contributed by atoms with E-state index in [0.29, 0.717) is 19.6 Å². The van der Waals surface area contributed by atoms with Gasteiger partial charge in [-0.15, -0.1) is 0 Å². The second kappa shape index (κ2) is 7.02. The number of hydrogen-bond acceptors (Lipinski definition) is 4.